The summed E-state index contributed by atoms with van der Waals surface area (Å²) >= 11 is -4.48. The Kier molecular flexibility index (Phi) is 28.3. The van der Waals surface area contributed by atoms with Crippen LogP contribution in [0.5, 0.6) is 0 Å². The maximum atomic E-state index is 15.4. The summed E-state index contributed by atoms with van der Waals surface area (Å²) < 4.78 is 34.2. The number of hydrogen-bond donors (Lipinski definition) is 0. The van der Waals surface area contributed by atoms with E-state index >= 15 is 8.42 Å². The third kappa shape index (κ3) is 17.6. The number of hydrogen-bond acceptors (Lipinski definition) is 2. The average molecular weight is 783 g/mol. The first-order chi connectivity index (χ1) is 23.8. The van der Waals surface area contributed by atoms with Crippen LogP contribution >= 0.6 is 0 Å². The molecule has 0 bridgehead atoms. The van der Waals surface area contributed by atoms with Gasteiger partial charge in [0, 0.05) is 0 Å². The van der Waals surface area contributed by atoms with Crippen LogP contribution in [-0.4, -0.2) is 8.42 Å². The van der Waals surface area contributed by atoms with Gasteiger partial charge in [-0.25, -0.2) is 0 Å². The van der Waals surface area contributed by atoms with E-state index in [0.29, 0.717) is 8.52 Å². The van der Waals surface area contributed by atoms with Crippen molar-refractivity contribution < 1.29 is 25.7 Å². The average Bonchev–Trinajstić information content (AvgIpc) is 3.10. The summed E-state index contributed by atoms with van der Waals surface area (Å²) in [6.45, 7) is 8.24. The molecule has 0 aliphatic heterocycles. The summed E-state index contributed by atoms with van der Waals surface area (Å²) in [5, 5.41) is 0. The SMILES string of the molecule is CCCCCCCCCCC[CH2][Zr]([CH2]CCCCCCCCCCC)([CH2]CCCCCCCCCCC)([CH](C)C)[S](=O)(=O)c1ccccc1. The Bertz CT molecular complexity index is 910. The molecule has 0 amide bonds. The second kappa shape index (κ2) is 29.5. The Balaban J connectivity index is 3.07. The molecule has 0 saturated carbocycles. The predicted octanol–water partition coefficient (Wildman–Crippen LogP) is 16.9. The molecule has 4 heteroatoms. The van der Waals surface area contributed by atoms with Gasteiger partial charge in [0.25, 0.3) is 0 Å². The number of rotatable bonds is 36. The Morgan fingerprint density at radius 2 is 0.653 bits per heavy atom. The summed E-state index contributed by atoms with van der Waals surface area (Å²) in [7, 11) is 0. The molecule has 1 rings (SSSR count). The minimum atomic E-state index is -4.48. The molecule has 0 atom stereocenters. The molecule has 49 heavy (non-hydrogen) atoms. The van der Waals surface area contributed by atoms with Gasteiger partial charge < -0.3 is 0 Å². The van der Waals surface area contributed by atoms with Crippen molar-refractivity contribution in [3.63, 3.8) is 0 Å². The standard InChI is InChI=1S/3C12H25.C6H5O2S.C3H7.Zr/c3*1-3-5-7-9-11-12-10-8-6-4-2;7-9(8)6-4-2-1-3-5-6;1-3-2;/h3*1,3-12H2,2H3;1-5H;3H,1-2H3;. The molecule has 0 radical (unpaired) electrons. The zero-order chi connectivity index (χ0) is 36.0. The molecular formula is C45H87O2SZr. The predicted molar refractivity (Wildman–Crippen MR) is 219 cm³/mol. The van der Waals surface area contributed by atoms with Gasteiger partial charge in [-0.3, -0.25) is 0 Å². The molecule has 0 aliphatic rings. The van der Waals surface area contributed by atoms with E-state index in [2.05, 4.69) is 34.6 Å². The van der Waals surface area contributed by atoms with E-state index in [-0.39, 0.29) is 0 Å². The molecule has 0 heterocycles. The van der Waals surface area contributed by atoms with Crippen LogP contribution in [0.25, 0.3) is 0 Å². The quantitative estimate of drug-likeness (QED) is 0.0635. The summed E-state index contributed by atoms with van der Waals surface area (Å²) in [4.78, 5) is 0.653. The number of unbranched alkanes of at least 4 members (excludes halogenated alkanes) is 27. The summed E-state index contributed by atoms with van der Waals surface area (Å²) in [5.41, 5.74) is 0. The van der Waals surface area contributed by atoms with Crippen molar-refractivity contribution in [3.05, 3.63) is 30.3 Å². The van der Waals surface area contributed by atoms with Crippen molar-refractivity contribution in [2.75, 3.05) is 0 Å². The fraction of sp³-hybridized carbons (Fsp3) is 0.867. The first-order valence-corrected chi connectivity index (χ1v) is 33.4. The summed E-state index contributed by atoms with van der Waals surface area (Å²) in [6.07, 6.45) is 39.4. The van der Waals surface area contributed by atoms with Crippen LogP contribution in [0, 0.1) is 0 Å². The normalized spacial score (nSPS) is 13.2. The van der Waals surface area contributed by atoms with Gasteiger partial charge in [-0.1, -0.05) is 0 Å². The van der Waals surface area contributed by atoms with Crippen molar-refractivity contribution in [1.82, 2.24) is 0 Å². The molecule has 0 fully saturated rings. The van der Waals surface area contributed by atoms with Gasteiger partial charge in [0.1, 0.15) is 0 Å². The van der Waals surface area contributed by atoms with Crippen LogP contribution in [-0.2, 0) is 23.9 Å². The van der Waals surface area contributed by atoms with Crippen molar-refractivity contribution in [2.45, 2.75) is 248 Å². The van der Waals surface area contributed by atoms with Crippen LogP contribution in [0.2, 0.25) is 16.0 Å². The maximum absolute atomic E-state index is 15.4. The van der Waals surface area contributed by atoms with E-state index in [9.17, 15) is 0 Å². The van der Waals surface area contributed by atoms with Crippen LogP contribution < -0.4 is 0 Å². The molecule has 0 aliphatic carbocycles. The first kappa shape index (κ1) is 47.1. The van der Waals surface area contributed by atoms with Gasteiger partial charge >= 0.3 is 311 Å². The third-order valence-electron chi connectivity index (χ3n) is 12.6. The van der Waals surface area contributed by atoms with Gasteiger partial charge in [0.2, 0.25) is 0 Å². The van der Waals surface area contributed by atoms with Gasteiger partial charge in [-0.15, -0.1) is 0 Å². The molecule has 1 aromatic carbocycles. The van der Waals surface area contributed by atoms with E-state index in [1.165, 1.54) is 173 Å². The topological polar surface area (TPSA) is 34.1 Å². The molecular weight excluding hydrogens is 696 g/mol. The molecule has 0 aromatic heterocycles. The minimum absolute atomic E-state index is 0.294. The molecule has 289 valence electrons. The number of benzene rings is 1. The Morgan fingerprint density at radius 1 is 0.408 bits per heavy atom. The van der Waals surface area contributed by atoms with Crippen LogP contribution in [0.1, 0.15) is 227 Å². The van der Waals surface area contributed by atoms with Crippen LogP contribution in [0.3, 0.4) is 0 Å². The van der Waals surface area contributed by atoms with E-state index in [1.54, 1.807) is 0 Å². The van der Waals surface area contributed by atoms with Crippen molar-refractivity contribution in [2.24, 2.45) is 0 Å². The summed E-state index contributed by atoms with van der Waals surface area (Å²) in [6, 6.07) is 9.82. The Morgan fingerprint density at radius 3 is 0.898 bits per heavy atom. The molecule has 0 unspecified atom stereocenters. The van der Waals surface area contributed by atoms with Crippen molar-refractivity contribution in [1.29, 1.82) is 0 Å². The van der Waals surface area contributed by atoms with Gasteiger partial charge in [0.15, 0.2) is 0 Å². The van der Waals surface area contributed by atoms with Gasteiger partial charge in [0.05, 0.1) is 0 Å². The second-order valence-electron chi connectivity index (χ2n) is 16.7. The van der Waals surface area contributed by atoms with E-state index in [0.717, 1.165) is 31.6 Å². The molecule has 0 saturated heterocycles. The Hall–Kier alpha value is 0.0531. The van der Waals surface area contributed by atoms with Gasteiger partial charge in [-0.05, 0) is 0 Å². The fourth-order valence-corrected chi connectivity index (χ4v) is 44.5. The first-order valence-electron chi connectivity index (χ1n) is 22.3. The zero-order valence-electron chi connectivity index (χ0n) is 34.0. The van der Waals surface area contributed by atoms with Crippen molar-refractivity contribution in [3.8, 4) is 0 Å². The van der Waals surface area contributed by atoms with Crippen LogP contribution in [0.15, 0.2) is 35.2 Å². The molecule has 0 spiro atoms. The summed E-state index contributed by atoms with van der Waals surface area (Å²) in [5.74, 6) is 0. The second-order valence-corrected chi connectivity index (χ2v) is 44.6. The van der Waals surface area contributed by atoms with E-state index in [4.69, 9.17) is 0 Å². The zero-order valence-corrected chi connectivity index (χ0v) is 37.3. The van der Waals surface area contributed by atoms with Gasteiger partial charge in [-0.2, -0.15) is 0 Å². The molecule has 0 N–H and O–H groups in total. The third-order valence-corrected chi connectivity index (χ3v) is 52.5. The van der Waals surface area contributed by atoms with Crippen LogP contribution in [0.4, 0.5) is 0 Å². The molecule has 2 nitrogen and oxygen atoms in total. The Labute approximate surface area is 308 Å². The monoisotopic (exact) mass is 782 g/mol. The van der Waals surface area contributed by atoms with E-state index < -0.39 is 23.9 Å². The fourth-order valence-electron chi connectivity index (χ4n) is 8.98. The van der Waals surface area contributed by atoms with Crippen molar-refractivity contribution >= 4 is 6.59 Å². The van der Waals surface area contributed by atoms with E-state index in [1.807, 2.05) is 30.3 Å². The molecule has 1 aromatic rings.